The van der Waals surface area contributed by atoms with E-state index in [1.54, 1.807) is 11.3 Å². The number of benzene rings is 8. The minimum absolute atomic E-state index is 0.517. The van der Waals surface area contributed by atoms with Crippen molar-refractivity contribution in [2.45, 2.75) is 0 Å². The minimum atomic E-state index is 0.517. The van der Waals surface area contributed by atoms with E-state index in [2.05, 4.69) is 115 Å². The number of hydrogen-bond donors (Lipinski definition) is 0. The van der Waals surface area contributed by atoms with E-state index in [1.807, 2.05) is 54.6 Å². The van der Waals surface area contributed by atoms with Gasteiger partial charge in [-0.1, -0.05) is 152 Å². The number of thiazole rings is 1. The molecule has 0 saturated heterocycles. The van der Waals surface area contributed by atoms with Gasteiger partial charge in [0.2, 0.25) is 0 Å². The van der Waals surface area contributed by atoms with Gasteiger partial charge in [0.05, 0.1) is 15.8 Å². The van der Waals surface area contributed by atoms with Crippen LogP contribution >= 0.6 is 11.3 Å². The number of hydrogen-bond acceptors (Lipinski definition) is 6. The molecule has 6 heteroatoms. The summed E-state index contributed by atoms with van der Waals surface area (Å²) in [5.41, 5.74) is 8.28. The molecular formula is C48H28N4OS. The van der Waals surface area contributed by atoms with Crippen LogP contribution in [0.15, 0.2) is 174 Å². The summed E-state index contributed by atoms with van der Waals surface area (Å²) in [6, 6.07) is 58.8. The summed E-state index contributed by atoms with van der Waals surface area (Å²) in [6.07, 6.45) is 0. The van der Waals surface area contributed by atoms with Crippen LogP contribution in [0.3, 0.4) is 0 Å². The maximum Gasteiger partial charge on any atom is 0.170 e. The highest BCUT2D eigenvalue weighted by Gasteiger charge is 2.24. The molecule has 0 N–H and O–H groups in total. The molecule has 0 fully saturated rings. The topological polar surface area (TPSA) is 64.7 Å². The van der Waals surface area contributed by atoms with Crippen molar-refractivity contribution >= 4 is 65.0 Å². The fourth-order valence-corrected chi connectivity index (χ4v) is 8.51. The van der Waals surface area contributed by atoms with Gasteiger partial charge in [-0.2, -0.15) is 0 Å². The molecule has 3 heterocycles. The van der Waals surface area contributed by atoms with Gasteiger partial charge in [-0.3, -0.25) is 0 Å². The van der Waals surface area contributed by atoms with Crippen LogP contribution in [-0.4, -0.2) is 19.9 Å². The van der Waals surface area contributed by atoms with Crippen LogP contribution in [0.5, 0.6) is 0 Å². The van der Waals surface area contributed by atoms with E-state index in [0.29, 0.717) is 23.1 Å². The quantitative estimate of drug-likeness (QED) is 0.167. The predicted molar refractivity (Wildman–Crippen MR) is 222 cm³/mol. The zero-order valence-electron chi connectivity index (χ0n) is 28.8. The zero-order valence-corrected chi connectivity index (χ0v) is 29.6. The van der Waals surface area contributed by atoms with Gasteiger partial charge in [-0.25, -0.2) is 19.9 Å². The van der Waals surface area contributed by atoms with E-state index in [9.17, 15) is 0 Å². The monoisotopic (exact) mass is 708 g/mol. The Morgan fingerprint density at radius 2 is 0.981 bits per heavy atom. The zero-order chi connectivity index (χ0) is 35.6. The standard InChI is InChI=1S/C48H28N4OS/c1-3-11-29(12-4-1)30-19-22-33(23-20-30)48-49-43-41(54-48)28-39-38-17-9-10-18-40(38)53-44(39)42(43)47-51-45(32-14-5-2-6-15-32)50-46(52-47)35-25-26-37-34(27-35)24-21-31-13-7-8-16-36(31)37/h1-28H. The lowest BCUT2D eigenvalue weighted by Gasteiger charge is -2.10. The largest absolute Gasteiger partial charge is 0.455 e. The lowest BCUT2D eigenvalue weighted by molar-refractivity contribution is 0.670. The molecule has 0 saturated carbocycles. The SMILES string of the molecule is c1ccc(-c2ccc(-c3nc4c(-c5nc(-c6ccccc6)nc(-c6ccc7c(ccc8ccccc87)c6)n5)c5oc6ccccc6c5cc4s3)cc2)cc1. The average Bonchev–Trinajstić information content (AvgIpc) is 3.84. The first-order valence-electron chi connectivity index (χ1n) is 17.9. The van der Waals surface area contributed by atoms with Gasteiger partial charge in [-0.15, -0.1) is 11.3 Å². The Bertz CT molecular complexity index is 3210. The van der Waals surface area contributed by atoms with Gasteiger partial charge in [0, 0.05) is 27.5 Å². The second-order valence-electron chi connectivity index (χ2n) is 13.4. The van der Waals surface area contributed by atoms with Crippen LogP contribution < -0.4 is 0 Å². The second-order valence-corrected chi connectivity index (χ2v) is 14.5. The molecule has 11 rings (SSSR count). The van der Waals surface area contributed by atoms with E-state index < -0.39 is 0 Å². The Kier molecular flexibility index (Phi) is 6.97. The maximum absolute atomic E-state index is 6.68. The number of aromatic nitrogens is 4. The Labute approximate surface area is 313 Å². The molecule has 0 aliphatic rings. The summed E-state index contributed by atoms with van der Waals surface area (Å²) in [5.74, 6) is 1.69. The van der Waals surface area contributed by atoms with Crippen LogP contribution in [0.1, 0.15) is 0 Å². The first-order chi connectivity index (χ1) is 26.7. The molecule has 11 aromatic rings. The highest BCUT2D eigenvalue weighted by molar-refractivity contribution is 7.21. The molecule has 3 aromatic heterocycles. The van der Waals surface area contributed by atoms with Crippen molar-refractivity contribution in [2.24, 2.45) is 0 Å². The number of rotatable bonds is 5. The summed E-state index contributed by atoms with van der Waals surface area (Å²) in [6.45, 7) is 0. The van der Waals surface area contributed by atoms with Crippen molar-refractivity contribution < 1.29 is 4.42 Å². The van der Waals surface area contributed by atoms with Crippen molar-refractivity contribution in [3.63, 3.8) is 0 Å². The average molecular weight is 709 g/mol. The molecule has 8 aromatic carbocycles. The minimum Gasteiger partial charge on any atom is -0.455 e. The Hall–Kier alpha value is -7.02. The Morgan fingerprint density at radius 1 is 0.389 bits per heavy atom. The molecule has 0 amide bonds. The third-order valence-corrected chi connectivity index (χ3v) is 11.2. The molecule has 0 atom stereocenters. The molecule has 5 nitrogen and oxygen atoms in total. The fraction of sp³-hybridized carbons (Fsp3) is 0. The van der Waals surface area contributed by atoms with Crippen molar-refractivity contribution in [1.82, 2.24) is 19.9 Å². The van der Waals surface area contributed by atoms with Gasteiger partial charge in [-0.05, 0) is 50.9 Å². The molecule has 0 spiro atoms. The third-order valence-electron chi connectivity index (χ3n) is 10.2. The Balaban J connectivity index is 1.15. The fourth-order valence-electron chi connectivity index (χ4n) is 7.49. The van der Waals surface area contributed by atoms with Crippen LogP contribution in [0.2, 0.25) is 0 Å². The van der Waals surface area contributed by atoms with Crippen molar-refractivity contribution in [2.75, 3.05) is 0 Å². The number of fused-ring (bicyclic) bond motifs is 7. The second kappa shape index (κ2) is 12.3. The van der Waals surface area contributed by atoms with Gasteiger partial charge in [0.15, 0.2) is 17.5 Å². The Morgan fingerprint density at radius 3 is 1.80 bits per heavy atom. The molecular weight excluding hydrogens is 681 g/mol. The van der Waals surface area contributed by atoms with E-state index in [4.69, 9.17) is 24.4 Å². The highest BCUT2D eigenvalue weighted by atomic mass is 32.1. The molecule has 0 aliphatic heterocycles. The van der Waals surface area contributed by atoms with Crippen molar-refractivity contribution in [3.05, 3.63) is 170 Å². The van der Waals surface area contributed by atoms with Gasteiger partial charge >= 0.3 is 0 Å². The highest BCUT2D eigenvalue weighted by Crippen LogP contribution is 2.44. The van der Waals surface area contributed by atoms with E-state index in [-0.39, 0.29) is 0 Å². The van der Waals surface area contributed by atoms with E-state index >= 15 is 0 Å². The maximum atomic E-state index is 6.68. The third kappa shape index (κ3) is 5.07. The summed E-state index contributed by atoms with van der Waals surface area (Å²) >= 11 is 1.67. The smallest absolute Gasteiger partial charge is 0.170 e. The molecule has 252 valence electrons. The summed E-state index contributed by atoms with van der Waals surface area (Å²) in [4.78, 5) is 20.8. The number of nitrogens with zero attached hydrogens (tertiary/aromatic N) is 4. The normalized spacial score (nSPS) is 11.7. The van der Waals surface area contributed by atoms with Crippen molar-refractivity contribution in [3.8, 4) is 55.9 Å². The van der Waals surface area contributed by atoms with Crippen LogP contribution in [-0.2, 0) is 0 Å². The van der Waals surface area contributed by atoms with E-state index in [0.717, 1.165) is 64.8 Å². The lowest BCUT2D eigenvalue weighted by atomic mass is 10.00. The van der Waals surface area contributed by atoms with Gasteiger partial charge in [0.1, 0.15) is 16.2 Å². The molecule has 0 radical (unpaired) electrons. The van der Waals surface area contributed by atoms with E-state index in [1.165, 1.54) is 21.7 Å². The summed E-state index contributed by atoms with van der Waals surface area (Å²) in [5, 5.41) is 7.71. The molecule has 0 aliphatic carbocycles. The number of para-hydroxylation sites is 1. The molecule has 0 unspecified atom stereocenters. The number of furan rings is 1. The molecule has 0 bridgehead atoms. The molecule has 54 heavy (non-hydrogen) atoms. The van der Waals surface area contributed by atoms with Crippen LogP contribution in [0.25, 0.3) is 110 Å². The first-order valence-corrected chi connectivity index (χ1v) is 18.7. The predicted octanol–water partition coefficient (Wildman–Crippen LogP) is 13.0. The van der Waals surface area contributed by atoms with Gasteiger partial charge in [0.25, 0.3) is 0 Å². The van der Waals surface area contributed by atoms with Crippen LogP contribution in [0, 0.1) is 0 Å². The first kappa shape index (κ1) is 30.6. The summed E-state index contributed by atoms with van der Waals surface area (Å²) in [7, 11) is 0. The van der Waals surface area contributed by atoms with Crippen molar-refractivity contribution in [1.29, 1.82) is 0 Å². The lowest BCUT2D eigenvalue weighted by Crippen LogP contribution is -2.01. The van der Waals surface area contributed by atoms with Crippen LogP contribution in [0.4, 0.5) is 0 Å². The summed E-state index contributed by atoms with van der Waals surface area (Å²) < 4.78 is 7.71. The van der Waals surface area contributed by atoms with Gasteiger partial charge < -0.3 is 4.42 Å².